The number of pyridine rings is 2. The number of furan rings is 1. The largest absolute Gasteiger partial charge is 0.447 e. The summed E-state index contributed by atoms with van der Waals surface area (Å²) >= 11 is 0. The third kappa shape index (κ3) is 4.92. The second-order valence-electron chi connectivity index (χ2n) is 9.10. The molecule has 11 heteroatoms. The first-order chi connectivity index (χ1) is 17.4. The number of carbonyl (C=O) groups excluding carboxylic acids is 3. The fourth-order valence-corrected chi connectivity index (χ4v) is 4.73. The van der Waals surface area contributed by atoms with E-state index in [1.165, 1.54) is 6.07 Å². The van der Waals surface area contributed by atoms with Gasteiger partial charge in [0, 0.05) is 24.7 Å². The molecule has 188 valence electrons. The van der Waals surface area contributed by atoms with Crippen molar-refractivity contribution in [2.24, 2.45) is 5.92 Å². The molecule has 0 unspecified atom stereocenters. The second-order valence-corrected chi connectivity index (χ2v) is 9.10. The molecular formula is C25H26FN5O5. The van der Waals surface area contributed by atoms with Gasteiger partial charge in [0.05, 0.1) is 6.61 Å². The Morgan fingerprint density at radius 3 is 2.64 bits per heavy atom. The van der Waals surface area contributed by atoms with Gasteiger partial charge in [0.2, 0.25) is 23.5 Å². The van der Waals surface area contributed by atoms with Crippen LogP contribution in [0.5, 0.6) is 0 Å². The summed E-state index contributed by atoms with van der Waals surface area (Å²) in [5.74, 6) is -1.95. The number of nitrogens with one attached hydrogen (secondary N) is 2. The first kappa shape index (κ1) is 23.9. The molecule has 0 atom stereocenters. The SMILES string of the molecule is Cc1ccc(NC(=O)c2oc3ccc(F)nc3c2NC(=O)C2CCC(N3CCOCC3=O)CC2)nc1. The molecule has 1 saturated carbocycles. The smallest absolute Gasteiger partial charge is 0.294 e. The van der Waals surface area contributed by atoms with E-state index in [1.807, 2.05) is 11.8 Å². The van der Waals surface area contributed by atoms with Crippen LogP contribution in [-0.2, 0) is 14.3 Å². The van der Waals surface area contributed by atoms with Crippen LogP contribution in [-0.4, -0.2) is 58.4 Å². The standard InChI is InChI=1S/C25H26FN5O5/c1-14-2-9-19(27-12-14)29-25(34)23-22(21-17(36-23)7-8-18(26)28-21)30-24(33)15-3-5-16(6-4-15)31-10-11-35-13-20(31)32/h2,7-9,12,15-16H,3-6,10-11,13H2,1H3,(H,30,33)(H,27,29,34). The van der Waals surface area contributed by atoms with E-state index < -0.39 is 11.9 Å². The maximum atomic E-state index is 13.9. The van der Waals surface area contributed by atoms with Crippen molar-refractivity contribution in [2.45, 2.75) is 38.6 Å². The minimum Gasteiger partial charge on any atom is -0.447 e. The van der Waals surface area contributed by atoms with Gasteiger partial charge in [-0.05, 0) is 56.4 Å². The lowest BCUT2D eigenvalue weighted by Crippen LogP contribution is -2.49. The van der Waals surface area contributed by atoms with Crippen molar-refractivity contribution >= 4 is 40.3 Å². The summed E-state index contributed by atoms with van der Waals surface area (Å²) < 4.78 is 24.8. The minimum absolute atomic E-state index is 0.0181. The molecule has 2 fully saturated rings. The monoisotopic (exact) mass is 495 g/mol. The lowest BCUT2D eigenvalue weighted by molar-refractivity contribution is -0.146. The number of hydrogen-bond donors (Lipinski definition) is 2. The molecule has 2 N–H and O–H groups in total. The normalized spacial score (nSPS) is 20.4. The minimum atomic E-state index is -0.762. The second kappa shape index (κ2) is 10.0. The van der Waals surface area contributed by atoms with Crippen LogP contribution in [0.2, 0.25) is 0 Å². The van der Waals surface area contributed by atoms with Crippen LogP contribution in [0.15, 0.2) is 34.9 Å². The number of morpholine rings is 1. The number of rotatable bonds is 5. The first-order valence-electron chi connectivity index (χ1n) is 11.9. The van der Waals surface area contributed by atoms with E-state index in [0.29, 0.717) is 44.7 Å². The summed E-state index contributed by atoms with van der Waals surface area (Å²) in [6.07, 6.45) is 4.14. The summed E-state index contributed by atoms with van der Waals surface area (Å²) in [6.45, 7) is 3.05. The topological polar surface area (TPSA) is 127 Å². The van der Waals surface area contributed by atoms with Gasteiger partial charge in [0.15, 0.2) is 5.58 Å². The van der Waals surface area contributed by atoms with E-state index in [4.69, 9.17) is 9.15 Å². The molecule has 1 aliphatic heterocycles. The molecule has 0 aromatic carbocycles. The lowest BCUT2D eigenvalue weighted by atomic mass is 9.84. The third-order valence-electron chi connectivity index (χ3n) is 6.64. The Kier molecular flexibility index (Phi) is 6.64. The molecule has 5 rings (SSSR count). The Labute approximate surface area is 206 Å². The number of aryl methyl sites for hydroxylation is 1. The fraction of sp³-hybridized carbons (Fsp3) is 0.400. The van der Waals surface area contributed by atoms with Gasteiger partial charge in [-0.25, -0.2) is 9.97 Å². The third-order valence-corrected chi connectivity index (χ3v) is 6.64. The van der Waals surface area contributed by atoms with E-state index >= 15 is 0 Å². The molecule has 2 aliphatic rings. The molecule has 1 aliphatic carbocycles. The average Bonchev–Trinajstić information content (AvgIpc) is 3.23. The zero-order valence-electron chi connectivity index (χ0n) is 19.8. The van der Waals surface area contributed by atoms with Crippen LogP contribution in [0.3, 0.4) is 0 Å². The number of anilines is 2. The first-order valence-corrected chi connectivity index (χ1v) is 11.9. The Hall–Kier alpha value is -3.86. The molecule has 0 bridgehead atoms. The molecule has 36 heavy (non-hydrogen) atoms. The highest BCUT2D eigenvalue weighted by Crippen LogP contribution is 2.33. The van der Waals surface area contributed by atoms with Crippen molar-refractivity contribution in [3.63, 3.8) is 0 Å². The number of halogens is 1. The summed E-state index contributed by atoms with van der Waals surface area (Å²) in [7, 11) is 0. The van der Waals surface area contributed by atoms with Crippen LogP contribution < -0.4 is 10.6 Å². The highest BCUT2D eigenvalue weighted by Gasteiger charge is 2.34. The molecular weight excluding hydrogens is 469 g/mol. The van der Waals surface area contributed by atoms with Gasteiger partial charge in [0.25, 0.3) is 5.91 Å². The molecule has 1 saturated heterocycles. The van der Waals surface area contributed by atoms with Crippen LogP contribution in [0, 0.1) is 18.8 Å². The highest BCUT2D eigenvalue weighted by molar-refractivity contribution is 6.13. The van der Waals surface area contributed by atoms with Gasteiger partial charge in [0.1, 0.15) is 23.6 Å². The van der Waals surface area contributed by atoms with E-state index in [1.54, 1.807) is 18.3 Å². The Morgan fingerprint density at radius 2 is 1.92 bits per heavy atom. The molecule has 4 heterocycles. The van der Waals surface area contributed by atoms with Crippen molar-refractivity contribution in [3.8, 4) is 0 Å². The Balaban J connectivity index is 1.33. The number of nitrogens with zero attached hydrogens (tertiary/aromatic N) is 3. The summed E-state index contributed by atoms with van der Waals surface area (Å²) in [5.41, 5.74) is 1.17. The molecule has 3 aromatic heterocycles. The van der Waals surface area contributed by atoms with Crippen LogP contribution in [0.4, 0.5) is 15.9 Å². The van der Waals surface area contributed by atoms with Crippen LogP contribution in [0.25, 0.3) is 11.1 Å². The summed E-state index contributed by atoms with van der Waals surface area (Å²) in [5, 5.41) is 5.40. The summed E-state index contributed by atoms with van der Waals surface area (Å²) in [4.78, 5) is 48.2. The van der Waals surface area contributed by atoms with Crippen LogP contribution in [0.1, 0.15) is 41.8 Å². The zero-order valence-corrected chi connectivity index (χ0v) is 19.8. The fourth-order valence-electron chi connectivity index (χ4n) is 4.73. The van der Waals surface area contributed by atoms with Gasteiger partial charge in [-0.2, -0.15) is 4.39 Å². The number of amides is 3. The van der Waals surface area contributed by atoms with Crippen molar-refractivity contribution in [3.05, 3.63) is 47.7 Å². The number of aromatic nitrogens is 2. The average molecular weight is 496 g/mol. The highest BCUT2D eigenvalue weighted by atomic mass is 19.1. The lowest BCUT2D eigenvalue weighted by Gasteiger charge is -2.38. The van der Waals surface area contributed by atoms with Gasteiger partial charge in [-0.15, -0.1) is 0 Å². The Bertz CT molecular complexity index is 1300. The van der Waals surface area contributed by atoms with E-state index in [-0.39, 0.29) is 52.9 Å². The Morgan fingerprint density at radius 1 is 1.11 bits per heavy atom. The van der Waals surface area contributed by atoms with Gasteiger partial charge < -0.3 is 24.7 Å². The predicted octanol–water partition coefficient (Wildman–Crippen LogP) is 3.28. The summed E-state index contributed by atoms with van der Waals surface area (Å²) in [6, 6.07) is 6.00. The number of hydrogen-bond acceptors (Lipinski definition) is 7. The quantitative estimate of drug-likeness (QED) is 0.520. The predicted molar refractivity (Wildman–Crippen MR) is 128 cm³/mol. The van der Waals surface area contributed by atoms with Gasteiger partial charge in [-0.1, -0.05) is 6.07 Å². The maximum Gasteiger partial charge on any atom is 0.294 e. The van der Waals surface area contributed by atoms with Crippen molar-refractivity contribution < 1.29 is 27.9 Å². The molecule has 0 radical (unpaired) electrons. The number of ether oxygens (including phenoxy) is 1. The molecule has 3 aromatic rings. The van der Waals surface area contributed by atoms with Crippen molar-refractivity contribution in [2.75, 3.05) is 30.4 Å². The van der Waals surface area contributed by atoms with Gasteiger partial charge >= 0.3 is 0 Å². The zero-order chi connectivity index (χ0) is 25.2. The van der Waals surface area contributed by atoms with Crippen LogP contribution >= 0.6 is 0 Å². The molecule has 3 amide bonds. The van der Waals surface area contributed by atoms with Crippen molar-refractivity contribution in [1.82, 2.24) is 14.9 Å². The molecule has 10 nitrogen and oxygen atoms in total. The number of carbonyl (C=O) groups is 3. The maximum absolute atomic E-state index is 13.9. The van der Waals surface area contributed by atoms with E-state index in [0.717, 1.165) is 11.6 Å². The van der Waals surface area contributed by atoms with E-state index in [9.17, 15) is 18.8 Å². The number of fused-ring (bicyclic) bond motifs is 1. The van der Waals surface area contributed by atoms with Crippen molar-refractivity contribution in [1.29, 1.82) is 0 Å². The van der Waals surface area contributed by atoms with E-state index in [2.05, 4.69) is 20.6 Å². The molecule has 0 spiro atoms. The van der Waals surface area contributed by atoms with Gasteiger partial charge in [-0.3, -0.25) is 14.4 Å².